The number of hydrogen-bond donors (Lipinski definition) is 5. The SMILES string of the molecule is COOc1ccccc1C(=O)NC(=N)c1ncn(C2OC(CO)C(O)C2O)n1. The molecule has 0 radical (unpaired) electrons. The first-order chi connectivity index (χ1) is 13.5. The highest BCUT2D eigenvalue weighted by atomic mass is 17.2. The van der Waals surface area contributed by atoms with Gasteiger partial charge in [0, 0.05) is 0 Å². The van der Waals surface area contributed by atoms with Crippen LogP contribution in [-0.4, -0.2) is 73.9 Å². The summed E-state index contributed by atoms with van der Waals surface area (Å²) in [6, 6.07) is 6.29. The van der Waals surface area contributed by atoms with Crippen molar-refractivity contribution in [2.45, 2.75) is 24.5 Å². The summed E-state index contributed by atoms with van der Waals surface area (Å²) in [6.45, 7) is -0.481. The molecule has 2 aromatic rings. The van der Waals surface area contributed by atoms with Gasteiger partial charge in [-0.25, -0.2) is 9.67 Å². The summed E-state index contributed by atoms with van der Waals surface area (Å²) in [5, 5.41) is 43.3. The maximum absolute atomic E-state index is 12.4. The Morgan fingerprint density at radius 3 is 2.79 bits per heavy atom. The molecule has 1 aromatic carbocycles. The van der Waals surface area contributed by atoms with Gasteiger partial charge in [0.1, 0.15) is 24.6 Å². The van der Waals surface area contributed by atoms with Gasteiger partial charge in [-0.05, 0) is 12.1 Å². The van der Waals surface area contributed by atoms with E-state index in [1.165, 1.54) is 25.6 Å². The highest BCUT2D eigenvalue weighted by Gasteiger charge is 2.44. The quantitative estimate of drug-likeness (QED) is 0.171. The largest absolute Gasteiger partial charge is 0.394 e. The van der Waals surface area contributed by atoms with Crippen LogP contribution in [0.1, 0.15) is 22.4 Å². The van der Waals surface area contributed by atoms with Crippen LogP contribution in [-0.2, 0) is 9.62 Å². The van der Waals surface area contributed by atoms with E-state index < -0.39 is 42.9 Å². The molecule has 5 N–H and O–H groups in total. The molecule has 28 heavy (non-hydrogen) atoms. The van der Waals surface area contributed by atoms with Crippen LogP contribution in [0.15, 0.2) is 30.6 Å². The van der Waals surface area contributed by atoms with Gasteiger partial charge < -0.3 is 30.3 Å². The summed E-state index contributed by atoms with van der Waals surface area (Å²) in [4.78, 5) is 25.8. The Hall–Kier alpha value is -2.90. The molecule has 3 rings (SSSR count). The summed E-state index contributed by atoms with van der Waals surface area (Å²) in [5.41, 5.74) is 0.136. The summed E-state index contributed by atoms with van der Waals surface area (Å²) >= 11 is 0. The second-order valence-corrected chi connectivity index (χ2v) is 5.85. The lowest BCUT2D eigenvalue weighted by Crippen LogP contribution is -2.33. The Bertz CT molecular complexity index is 857. The summed E-state index contributed by atoms with van der Waals surface area (Å²) in [6.07, 6.45) is -3.51. The molecule has 1 aliphatic heterocycles. The van der Waals surface area contributed by atoms with Gasteiger partial charge in [-0.3, -0.25) is 10.2 Å². The van der Waals surface area contributed by atoms with Crippen LogP contribution in [0.2, 0.25) is 0 Å². The monoisotopic (exact) mass is 393 g/mol. The van der Waals surface area contributed by atoms with E-state index in [4.69, 9.17) is 20.1 Å². The minimum Gasteiger partial charge on any atom is -0.394 e. The second-order valence-electron chi connectivity index (χ2n) is 5.85. The lowest BCUT2D eigenvalue weighted by Gasteiger charge is -2.14. The number of aliphatic hydroxyl groups is 3. The molecule has 0 bridgehead atoms. The molecule has 2 heterocycles. The maximum Gasteiger partial charge on any atom is 0.260 e. The fourth-order valence-electron chi connectivity index (χ4n) is 2.66. The van der Waals surface area contributed by atoms with Gasteiger partial charge >= 0.3 is 0 Å². The van der Waals surface area contributed by atoms with Crippen LogP contribution in [0, 0.1) is 5.41 Å². The van der Waals surface area contributed by atoms with Crippen LogP contribution >= 0.6 is 0 Å². The maximum atomic E-state index is 12.4. The summed E-state index contributed by atoms with van der Waals surface area (Å²) < 4.78 is 6.43. The molecule has 12 heteroatoms. The molecular weight excluding hydrogens is 374 g/mol. The van der Waals surface area contributed by atoms with Gasteiger partial charge in [0.15, 0.2) is 17.8 Å². The predicted octanol–water partition coefficient (Wildman–Crippen LogP) is -1.41. The Morgan fingerprint density at radius 1 is 1.36 bits per heavy atom. The number of rotatable bonds is 6. The van der Waals surface area contributed by atoms with Crippen molar-refractivity contribution in [1.82, 2.24) is 20.1 Å². The highest BCUT2D eigenvalue weighted by Crippen LogP contribution is 2.28. The predicted molar refractivity (Wildman–Crippen MR) is 91.4 cm³/mol. The topological polar surface area (TPSA) is 172 Å². The zero-order chi connectivity index (χ0) is 20.3. The number of hydrogen-bond acceptors (Lipinski definition) is 10. The second kappa shape index (κ2) is 8.41. The Balaban J connectivity index is 1.71. The van der Waals surface area contributed by atoms with Crippen LogP contribution in [0.3, 0.4) is 0 Å². The minimum atomic E-state index is -1.34. The summed E-state index contributed by atoms with van der Waals surface area (Å²) in [7, 11) is 1.30. The zero-order valence-corrected chi connectivity index (χ0v) is 14.7. The first kappa shape index (κ1) is 19.9. The number of aromatic nitrogens is 3. The molecule has 0 spiro atoms. The van der Waals surface area contributed by atoms with Gasteiger partial charge in [-0.15, -0.1) is 5.10 Å². The molecule has 1 aliphatic rings. The van der Waals surface area contributed by atoms with Crippen molar-refractivity contribution in [3.8, 4) is 5.75 Å². The molecule has 4 unspecified atom stereocenters. The molecule has 1 aromatic heterocycles. The van der Waals surface area contributed by atoms with Crippen molar-refractivity contribution < 1.29 is 34.6 Å². The molecule has 1 saturated heterocycles. The molecule has 0 aliphatic carbocycles. The van der Waals surface area contributed by atoms with Crippen molar-refractivity contribution in [3.63, 3.8) is 0 Å². The molecule has 150 valence electrons. The fourth-order valence-corrected chi connectivity index (χ4v) is 2.66. The third-order valence-electron chi connectivity index (χ3n) is 4.05. The fraction of sp³-hybridized carbons (Fsp3) is 0.375. The van der Waals surface area contributed by atoms with Crippen LogP contribution in [0.25, 0.3) is 0 Å². The molecule has 1 amide bonds. The van der Waals surface area contributed by atoms with Gasteiger partial charge in [-0.2, -0.15) is 4.89 Å². The average molecular weight is 393 g/mol. The Morgan fingerprint density at radius 2 is 2.11 bits per heavy atom. The first-order valence-electron chi connectivity index (χ1n) is 8.19. The lowest BCUT2D eigenvalue weighted by molar-refractivity contribution is -0.178. The van der Waals surface area contributed by atoms with Crippen molar-refractivity contribution in [2.24, 2.45) is 0 Å². The van der Waals surface area contributed by atoms with E-state index in [9.17, 15) is 15.0 Å². The van der Waals surface area contributed by atoms with Gasteiger partial charge in [0.2, 0.25) is 5.82 Å². The number of nitrogens with zero attached hydrogens (tertiary/aromatic N) is 3. The molecule has 0 saturated carbocycles. The van der Waals surface area contributed by atoms with E-state index in [1.807, 2.05) is 0 Å². The number of amidine groups is 1. The van der Waals surface area contributed by atoms with Gasteiger partial charge in [0.25, 0.3) is 5.91 Å². The smallest absolute Gasteiger partial charge is 0.260 e. The number of amides is 1. The van der Waals surface area contributed by atoms with Crippen LogP contribution in [0.4, 0.5) is 0 Å². The first-order valence-corrected chi connectivity index (χ1v) is 8.19. The van der Waals surface area contributed by atoms with Gasteiger partial charge in [0.05, 0.1) is 19.3 Å². The number of benzene rings is 1. The van der Waals surface area contributed by atoms with E-state index in [0.717, 1.165) is 4.68 Å². The van der Waals surface area contributed by atoms with Gasteiger partial charge in [-0.1, -0.05) is 12.1 Å². The van der Waals surface area contributed by atoms with E-state index in [-0.39, 0.29) is 17.1 Å². The van der Waals surface area contributed by atoms with E-state index in [2.05, 4.69) is 20.3 Å². The van der Waals surface area contributed by atoms with E-state index in [1.54, 1.807) is 12.1 Å². The standard InChI is InChI=1S/C16H19N5O7/c1-26-28-9-5-3-2-4-8(9)15(25)19-13(17)14-18-7-21(20-14)16-12(24)11(23)10(6-22)27-16/h2-5,7,10-12,16,22-24H,6H2,1H3,(H2,17,19,25). The third-order valence-corrected chi connectivity index (χ3v) is 4.05. The minimum absolute atomic E-state index is 0.136. The van der Waals surface area contributed by atoms with Crippen molar-refractivity contribution in [2.75, 3.05) is 13.7 Å². The number of ether oxygens (including phenoxy) is 1. The van der Waals surface area contributed by atoms with E-state index >= 15 is 0 Å². The lowest BCUT2D eigenvalue weighted by atomic mass is 10.1. The van der Waals surface area contributed by atoms with Crippen molar-refractivity contribution in [1.29, 1.82) is 5.41 Å². The third kappa shape index (κ3) is 3.85. The molecule has 12 nitrogen and oxygen atoms in total. The number of carbonyl (C=O) groups excluding carboxylic acids is 1. The number of aliphatic hydroxyl groups excluding tert-OH is 3. The van der Waals surface area contributed by atoms with E-state index in [0.29, 0.717) is 0 Å². The summed E-state index contributed by atoms with van der Waals surface area (Å²) in [5.74, 6) is -1.01. The van der Waals surface area contributed by atoms with Crippen molar-refractivity contribution >= 4 is 11.7 Å². The molecular formula is C16H19N5O7. The normalized spacial score (nSPS) is 24.1. The number of carbonyl (C=O) groups is 1. The average Bonchev–Trinajstić information content (AvgIpc) is 3.28. The number of para-hydroxylation sites is 1. The van der Waals surface area contributed by atoms with Crippen LogP contribution in [0.5, 0.6) is 5.75 Å². The molecule has 1 fully saturated rings. The highest BCUT2D eigenvalue weighted by molar-refractivity contribution is 6.11. The Labute approximate surface area is 158 Å². The van der Waals surface area contributed by atoms with Crippen molar-refractivity contribution in [3.05, 3.63) is 42.0 Å². The molecule has 4 atom stereocenters. The van der Waals surface area contributed by atoms with Crippen LogP contribution < -0.4 is 10.2 Å². The zero-order valence-electron chi connectivity index (χ0n) is 14.7. The number of nitrogens with one attached hydrogen (secondary N) is 2. The Kier molecular flexibility index (Phi) is 5.96.